The number of hydrogen-bond acceptors (Lipinski definition) is 7. The molecule has 1 amide bonds. The van der Waals surface area contributed by atoms with Gasteiger partial charge in [0.15, 0.2) is 11.5 Å². The van der Waals surface area contributed by atoms with Crippen LogP contribution in [0, 0.1) is 5.92 Å². The Hall–Kier alpha value is -2.74. The van der Waals surface area contributed by atoms with Gasteiger partial charge in [0.05, 0.1) is 5.69 Å². The van der Waals surface area contributed by atoms with Crippen molar-refractivity contribution in [1.29, 1.82) is 0 Å². The highest BCUT2D eigenvalue weighted by Crippen LogP contribution is 2.25. The standard InChI is InChI=1S/C20H31N7O/c1-12(2)9-13(11-21)23-17-10-14(18(19(22)28)27-26-17)24-16-8-6-7-15(25-16)20(3,4)5/h6-8,10,12-13H,9,11,21H2,1-5H3,(H2,22,28)(H2,23,24,25,26). The van der Waals surface area contributed by atoms with Crippen LogP contribution >= 0.6 is 0 Å². The molecule has 0 aromatic carbocycles. The van der Waals surface area contributed by atoms with E-state index in [1.54, 1.807) is 6.07 Å². The van der Waals surface area contributed by atoms with Gasteiger partial charge in [-0.3, -0.25) is 4.79 Å². The Morgan fingerprint density at radius 1 is 1.18 bits per heavy atom. The Morgan fingerprint density at radius 3 is 2.46 bits per heavy atom. The molecule has 152 valence electrons. The van der Waals surface area contributed by atoms with Crippen molar-refractivity contribution in [1.82, 2.24) is 15.2 Å². The summed E-state index contributed by atoms with van der Waals surface area (Å²) in [6, 6.07) is 7.48. The Bertz CT molecular complexity index is 814. The van der Waals surface area contributed by atoms with Gasteiger partial charge in [0, 0.05) is 29.8 Å². The molecule has 2 aromatic heterocycles. The summed E-state index contributed by atoms with van der Waals surface area (Å²) in [5.74, 6) is 0.953. The highest BCUT2D eigenvalue weighted by Gasteiger charge is 2.18. The molecule has 28 heavy (non-hydrogen) atoms. The van der Waals surface area contributed by atoms with E-state index in [-0.39, 0.29) is 17.2 Å². The summed E-state index contributed by atoms with van der Waals surface area (Å²) in [4.78, 5) is 16.4. The summed E-state index contributed by atoms with van der Waals surface area (Å²) in [7, 11) is 0. The van der Waals surface area contributed by atoms with Crippen molar-refractivity contribution in [3.05, 3.63) is 35.7 Å². The maximum Gasteiger partial charge on any atom is 0.271 e. The fourth-order valence-corrected chi connectivity index (χ4v) is 2.79. The minimum Gasteiger partial charge on any atom is -0.365 e. The third-order valence-corrected chi connectivity index (χ3v) is 4.20. The fraction of sp³-hybridized carbons (Fsp3) is 0.500. The van der Waals surface area contributed by atoms with Crippen LogP contribution in [0.2, 0.25) is 0 Å². The number of anilines is 3. The molecule has 8 nitrogen and oxygen atoms in total. The summed E-state index contributed by atoms with van der Waals surface area (Å²) < 4.78 is 0. The number of primary amides is 1. The lowest BCUT2D eigenvalue weighted by molar-refractivity contribution is 0.0995. The van der Waals surface area contributed by atoms with E-state index < -0.39 is 5.91 Å². The molecule has 0 aliphatic carbocycles. The SMILES string of the molecule is CC(C)CC(CN)Nc1cc(Nc2cccc(C(C)(C)C)n2)c(C(N)=O)nn1. The highest BCUT2D eigenvalue weighted by atomic mass is 16.1. The molecule has 2 rings (SSSR count). The summed E-state index contributed by atoms with van der Waals surface area (Å²) in [6.45, 7) is 11.0. The quantitative estimate of drug-likeness (QED) is 0.549. The van der Waals surface area contributed by atoms with Crippen molar-refractivity contribution in [3.8, 4) is 0 Å². The monoisotopic (exact) mass is 385 g/mol. The molecule has 0 saturated carbocycles. The van der Waals surface area contributed by atoms with Gasteiger partial charge in [-0.1, -0.05) is 40.7 Å². The number of carbonyl (C=O) groups is 1. The van der Waals surface area contributed by atoms with Gasteiger partial charge in [-0.2, -0.15) is 0 Å². The molecule has 8 heteroatoms. The van der Waals surface area contributed by atoms with Crippen LogP contribution in [0.1, 0.15) is 57.2 Å². The number of carbonyl (C=O) groups excluding carboxylic acids is 1. The molecule has 6 N–H and O–H groups in total. The first kappa shape index (κ1) is 21.6. The lowest BCUT2D eigenvalue weighted by Gasteiger charge is -2.20. The molecular weight excluding hydrogens is 354 g/mol. The van der Waals surface area contributed by atoms with Crippen molar-refractivity contribution in [2.45, 2.75) is 52.5 Å². The van der Waals surface area contributed by atoms with Crippen LogP contribution in [-0.2, 0) is 5.41 Å². The van der Waals surface area contributed by atoms with Crippen molar-refractivity contribution in [3.63, 3.8) is 0 Å². The normalized spacial score (nSPS) is 12.7. The first-order valence-electron chi connectivity index (χ1n) is 9.48. The van der Waals surface area contributed by atoms with E-state index in [1.165, 1.54) is 0 Å². The first-order valence-corrected chi connectivity index (χ1v) is 9.48. The Morgan fingerprint density at radius 2 is 1.89 bits per heavy atom. The van der Waals surface area contributed by atoms with Crippen molar-refractivity contribution < 1.29 is 4.79 Å². The average molecular weight is 386 g/mol. The molecule has 1 unspecified atom stereocenters. The Balaban J connectivity index is 2.32. The van der Waals surface area contributed by atoms with E-state index in [0.717, 1.165) is 12.1 Å². The van der Waals surface area contributed by atoms with Crippen LogP contribution in [0.4, 0.5) is 17.3 Å². The smallest absolute Gasteiger partial charge is 0.271 e. The van der Waals surface area contributed by atoms with Gasteiger partial charge in [0.25, 0.3) is 5.91 Å². The predicted octanol–water partition coefficient (Wildman–Crippen LogP) is 2.80. The zero-order valence-electron chi connectivity index (χ0n) is 17.3. The average Bonchev–Trinajstić information content (AvgIpc) is 2.60. The number of nitrogens with zero attached hydrogens (tertiary/aromatic N) is 3. The molecule has 1 atom stereocenters. The highest BCUT2D eigenvalue weighted by molar-refractivity contribution is 5.97. The van der Waals surface area contributed by atoms with Gasteiger partial charge in [0.1, 0.15) is 5.82 Å². The van der Waals surface area contributed by atoms with E-state index in [1.807, 2.05) is 18.2 Å². The Labute approximate surface area is 166 Å². The number of nitrogens with one attached hydrogen (secondary N) is 2. The van der Waals surface area contributed by atoms with E-state index >= 15 is 0 Å². The zero-order valence-corrected chi connectivity index (χ0v) is 17.3. The van der Waals surface area contributed by atoms with E-state index in [4.69, 9.17) is 11.5 Å². The lowest BCUT2D eigenvalue weighted by Crippen LogP contribution is -2.31. The minimum absolute atomic E-state index is 0.0571. The number of hydrogen-bond donors (Lipinski definition) is 4. The second kappa shape index (κ2) is 8.97. The molecular formula is C20H31N7O. The molecule has 0 fully saturated rings. The maximum atomic E-state index is 11.8. The zero-order chi connectivity index (χ0) is 20.9. The molecule has 0 spiro atoms. The number of aromatic nitrogens is 3. The van der Waals surface area contributed by atoms with Crippen LogP contribution in [0.25, 0.3) is 0 Å². The molecule has 2 heterocycles. The number of rotatable bonds is 8. The van der Waals surface area contributed by atoms with Gasteiger partial charge in [0.2, 0.25) is 0 Å². The van der Waals surface area contributed by atoms with E-state index in [9.17, 15) is 4.79 Å². The third kappa shape index (κ3) is 5.88. The minimum atomic E-state index is -0.661. The third-order valence-electron chi connectivity index (χ3n) is 4.20. The number of pyridine rings is 1. The Kier molecular flexibility index (Phi) is 6.90. The number of amides is 1. The van der Waals surface area contributed by atoms with Gasteiger partial charge in [-0.15, -0.1) is 10.2 Å². The van der Waals surface area contributed by atoms with Gasteiger partial charge in [-0.05, 0) is 24.5 Å². The predicted molar refractivity (Wildman–Crippen MR) is 113 cm³/mol. The maximum absolute atomic E-state index is 11.8. The molecule has 0 bridgehead atoms. The van der Waals surface area contributed by atoms with Crippen LogP contribution in [0.15, 0.2) is 24.3 Å². The van der Waals surface area contributed by atoms with Crippen LogP contribution in [-0.4, -0.2) is 33.7 Å². The van der Waals surface area contributed by atoms with Crippen molar-refractivity contribution in [2.24, 2.45) is 17.4 Å². The van der Waals surface area contributed by atoms with Gasteiger partial charge >= 0.3 is 0 Å². The van der Waals surface area contributed by atoms with Crippen molar-refractivity contribution >= 4 is 23.2 Å². The summed E-state index contributed by atoms with van der Waals surface area (Å²) in [5.41, 5.74) is 12.7. The van der Waals surface area contributed by atoms with E-state index in [0.29, 0.717) is 29.8 Å². The second-order valence-electron chi connectivity index (χ2n) is 8.35. The van der Waals surface area contributed by atoms with Gasteiger partial charge < -0.3 is 22.1 Å². The van der Waals surface area contributed by atoms with E-state index in [2.05, 4.69) is 60.4 Å². The molecule has 0 aliphatic heterocycles. The summed E-state index contributed by atoms with van der Waals surface area (Å²) in [5, 5.41) is 14.5. The van der Waals surface area contributed by atoms with Gasteiger partial charge in [-0.25, -0.2) is 4.98 Å². The lowest BCUT2D eigenvalue weighted by atomic mass is 9.92. The van der Waals surface area contributed by atoms with Crippen LogP contribution in [0.3, 0.4) is 0 Å². The summed E-state index contributed by atoms with van der Waals surface area (Å²) >= 11 is 0. The number of nitrogens with two attached hydrogens (primary N) is 2. The molecule has 0 aliphatic rings. The van der Waals surface area contributed by atoms with Crippen molar-refractivity contribution in [2.75, 3.05) is 17.2 Å². The fourth-order valence-electron chi connectivity index (χ4n) is 2.79. The topological polar surface area (TPSA) is 132 Å². The molecule has 0 radical (unpaired) electrons. The van der Waals surface area contributed by atoms with Crippen LogP contribution in [0.5, 0.6) is 0 Å². The molecule has 0 saturated heterocycles. The largest absolute Gasteiger partial charge is 0.365 e. The molecule has 2 aromatic rings. The second-order valence-corrected chi connectivity index (χ2v) is 8.35. The summed E-state index contributed by atoms with van der Waals surface area (Å²) in [6.07, 6.45) is 0.897. The first-order chi connectivity index (χ1) is 13.1. The van der Waals surface area contributed by atoms with Crippen LogP contribution < -0.4 is 22.1 Å².